The van der Waals surface area contributed by atoms with Gasteiger partial charge in [-0.05, 0) is 36.4 Å². The lowest BCUT2D eigenvalue weighted by molar-refractivity contribution is 0.0994. The maximum absolute atomic E-state index is 12.8. The molecule has 0 heterocycles. The topological polar surface area (TPSA) is 72.6 Å². The maximum Gasteiger partial charge on any atom is 0.326 e. The predicted molar refractivity (Wildman–Crippen MR) is 95.8 cm³/mol. The number of rotatable bonds is 4. The summed E-state index contributed by atoms with van der Waals surface area (Å²) in [7, 11) is 0. The van der Waals surface area contributed by atoms with Gasteiger partial charge in [0.15, 0.2) is 5.75 Å². The average molecular weight is 332 g/mol. The molecule has 2 N–H and O–H groups in total. The van der Waals surface area contributed by atoms with Gasteiger partial charge in [0.25, 0.3) is 5.91 Å². The number of anilines is 1. The van der Waals surface area contributed by atoms with Gasteiger partial charge in [-0.1, -0.05) is 48.5 Å². The molecule has 0 aliphatic heterocycles. The van der Waals surface area contributed by atoms with Crippen LogP contribution in [0.1, 0.15) is 10.4 Å². The summed E-state index contributed by atoms with van der Waals surface area (Å²) in [5.41, 5.74) is 6.12. The Hall–Kier alpha value is -3.60. The van der Waals surface area contributed by atoms with Gasteiger partial charge < -0.3 is 10.5 Å². The first kappa shape index (κ1) is 16.3. The zero-order valence-electron chi connectivity index (χ0n) is 13.3. The lowest BCUT2D eigenvalue weighted by Crippen LogP contribution is -2.41. The first-order valence-electron chi connectivity index (χ1n) is 7.67. The maximum atomic E-state index is 12.8. The Morgan fingerprint density at radius 3 is 1.96 bits per heavy atom. The summed E-state index contributed by atoms with van der Waals surface area (Å²) < 4.78 is 5.82. The number of nitrogens with zero attached hydrogens (tertiary/aromatic N) is 1. The normalized spacial score (nSPS) is 10.1. The van der Waals surface area contributed by atoms with Crippen LogP contribution in [0.3, 0.4) is 0 Å². The number of imide groups is 1. The Labute approximate surface area is 145 Å². The number of carbonyl (C=O) groups is 2. The molecule has 0 radical (unpaired) electrons. The lowest BCUT2D eigenvalue weighted by atomic mass is 10.2. The highest BCUT2D eigenvalue weighted by Gasteiger charge is 2.25. The molecule has 0 unspecified atom stereocenters. The summed E-state index contributed by atoms with van der Waals surface area (Å²) in [6.07, 6.45) is 0. The number of hydrogen-bond acceptors (Lipinski definition) is 3. The second-order valence-electron chi connectivity index (χ2n) is 5.23. The summed E-state index contributed by atoms with van der Waals surface area (Å²) in [4.78, 5) is 25.7. The number of amides is 3. The summed E-state index contributed by atoms with van der Waals surface area (Å²) in [6.45, 7) is 0. The van der Waals surface area contributed by atoms with Gasteiger partial charge in [0.1, 0.15) is 5.75 Å². The van der Waals surface area contributed by atoms with Gasteiger partial charge in [-0.15, -0.1) is 0 Å². The monoisotopic (exact) mass is 332 g/mol. The molecule has 0 aliphatic rings. The van der Waals surface area contributed by atoms with Gasteiger partial charge in [0.2, 0.25) is 0 Å². The standard InChI is InChI=1S/C20H16N2O3/c21-20(24)22(19(23)15-9-3-1-4-10-15)17-13-7-8-14-18(17)25-16-11-5-2-6-12-16/h1-14H,(H2,21,24). The third kappa shape index (κ3) is 3.67. The third-order valence-corrected chi connectivity index (χ3v) is 3.52. The Morgan fingerprint density at radius 1 is 0.760 bits per heavy atom. The van der Waals surface area contributed by atoms with E-state index < -0.39 is 11.9 Å². The highest BCUT2D eigenvalue weighted by molar-refractivity contribution is 6.20. The fourth-order valence-electron chi connectivity index (χ4n) is 2.38. The van der Waals surface area contributed by atoms with E-state index in [4.69, 9.17) is 10.5 Å². The van der Waals surface area contributed by atoms with Crippen molar-refractivity contribution in [3.05, 3.63) is 90.5 Å². The number of ether oxygens (including phenoxy) is 1. The van der Waals surface area contributed by atoms with E-state index in [-0.39, 0.29) is 5.69 Å². The molecule has 25 heavy (non-hydrogen) atoms. The molecule has 0 spiro atoms. The molecular weight excluding hydrogens is 316 g/mol. The van der Waals surface area contributed by atoms with E-state index >= 15 is 0 Å². The highest BCUT2D eigenvalue weighted by atomic mass is 16.5. The predicted octanol–water partition coefficient (Wildman–Crippen LogP) is 4.20. The van der Waals surface area contributed by atoms with Crippen molar-refractivity contribution in [2.45, 2.75) is 0 Å². The molecule has 3 rings (SSSR count). The van der Waals surface area contributed by atoms with Gasteiger partial charge in [0.05, 0.1) is 5.69 Å². The van der Waals surface area contributed by atoms with Gasteiger partial charge >= 0.3 is 6.03 Å². The van der Waals surface area contributed by atoms with Crippen LogP contribution in [0.25, 0.3) is 0 Å². The van der Waals surface area contributed by atoms with Crippen molar-refractivity contribution < 1.29 is 14.3 Å². The van der Waals surface area contributed by atoms with E-state index in [1.165, 1.54) is 0 Å². The number of para-hydroxylation sites is 3. The second kappa shape index (κ2) is 7.31. The minimum Gasteiger partial charge on any atom is -0.455 e. The molecular formula is C20H16N2O3. The van der Waals surface area contributed by atoms with E-state index in [1.54, 1.807) is 66.7 Å². The minimum absolute atomic E-state index is 0.285. The smallest absolute Gasteiger partial charge is 0.326 e. The Morgan fingerprint density at radius 2 is 1.32 bits per heavy atom. The number of carbonyl (C=O) groups excluding carboxylic acids is 2. The van der Waals surface area contributed by atoms with Crippen LogP contribution in [0, 0.1) is 0 Å². The molecule has 124 valence electrons. The summed E-state index contributed by atoms with van der Waals surface area (Å²) >= 11 is 0. The van der Waals surface area contributed by atoms with E-state index in [2.05, 4.69) is 0 Å². The van der Waals surface area contributed by atoms with Crippen molar-refractivity contribution in [1.82, 2.24) is 0 Å². The zero-order valence-corrected chi connectivity index (χ0v) is 13.3. The molecule has 3 aromatic carbocycles. The molecule has 0 bridgehead atoms. The fourth-order valence-corrected chi connectivity index (χ4v) is 2.38. The molecule has 5 heteroatoms. The second-order valence-corrected chi connectivity index (χ2v) is 5.23. The summed E-state index contributed by atoms with van der Waals surface area (Å²) in [5.74, 6) is 0.431. The quantitative estimate of drug-likeness (QED) is 0.778. The molecule has 5 nitrogen and oxygen atoms in total. The molecule has 0 saturated carbocycles. The van der Waals surface area contributed by atoms with E-state index in [0.29, 0.717) is 17.1 Å². The zero-order chi connectivity index (χ0) is 17.6. The SMILES string of the molecule is NC(=O)N(C(=O)c1ccccc1)c1ccccc1Oc1ccccc1. The minimum atomic E-state index is -0.877. The van der Waals surface area contributed by atoms with Crippen LogP contribution in [0.2, 0.25) is 0 Å². The number of nitrogens with two attached hydrogens (primary N) is 1. The summed E-state index contributed by atoms with van der Waals surface area (Å²) in [6, 6.07) is 23.5. The summed E-state index contributed by atoms with van der Waals surface area (Å²) in [5, 5.41) is 0. The molecule has 0 saturated heterocycles. The fraction of sp³-hybridized carbons (Fsp3) is 0. The first-order chi connectivity index (χ1) is 12.2. The van der Waals surface area contributed by atoms with Crippen molar-refractivity contribution in [1.29, 1.82) is 0 Å². The van der Waals surface area contributed by atoms with Crippen LogP contribution < -0.4 is 15.4 Å². The van der Waals surface area contributed by atoms with Gasteiger partial charge in [-0.3, -0.25) is 4.79 Å². The average Bonchev–Trinajstić information content (AvgIpc) is 2.64. The number of hydrogen-bond donors (Lipinski definition) is 1. The van der Waals surface area contributed by atoms with Crippen molar-refractivity contribution in [3.8, 4) is 11.5 Å². The lowest BCUT2D eigenvalue weighted by Gasteiger charge is -2.21. The van der Waals surface area contributed by atoms with Crippen molar-refractivity contribution >= 4 is 17.6 Å². The van der Waals surface area contributed by atoms with Crippen LogP contribution in [0.5, 0.6) is 11.5 Å². The van der Waals surface area contributed by atoms with Crippen molar-refractivity contribution in [2.24, 2.45) is 5.73 Å². The van der Waals surface area contributed by atoms with Crippen LogP contribution in [-0.4, -0.2) is 11.9 Å². The van der Waals surface area contributed by atoms with Gasteiger partial charge in [0, 0.05) is 5.56 Å². The molecule has 3 amide bonds. The van der Waals surface area contributed by atoms with Gasteiger partial charge in [-0.25, -0.2) is 9.69 Å². The molecule has 0 aliphatic carbocycles. The van der Waals surface area contributed by atoms with Crippen LogP contribution in [0.15, 0.2) is 84.9 Å². The van der Waals surface area contributed by atoms with Crippen LogP contribution >= 0.6 is 0 Å². The largest absolute Gasteiger partial charge is 0.455 e. The van der Waals surface area contributed by atoms with E-state index in [1.807, 2.05) is 18.2 Å². The Balaban J connectivity index is 2.00. The number of urea groups is 1. The molecule has 0 fully saturated rings. The highest BCUT2D eigenvalue weighted by Crippen LogP contribution is 2.32. The first-order valence-corrected chi connectivity index (χ1v) is 7.67. The number of benzene rings is 3. The van der Waals surface area contributed by atoms with Crippen LogP contribution in [-0.2, 0) is 0 Å². The molecule has 0 atom stereocenters. The van der Waals surface area contributed by atoms with Gasteiger partial charge in [-0.2, -0.15) is 0 Å². The van der Waals surface area contributed by atoms with E-state index in [0.717, 1.165) is 4.90 Å². The Kier molecular flexibility index (Phi) is 4.76. The molecule has 0 aromatic heterocycles. The third-order valence-electron chi connectivity index (χ3n) is 3.52. The molecule has 3 aromatic rings. The van der Waals surface area contributed by atoms with E-state index in [9.17, 15) is 9.59 Å². The van der Waals surface area contributed by atoms with Crippen LogP contribution in [0.4, 0.5) is 10.5 Å². The van der Waals surface area contributed by atoms with Crippen molar-refractivity contribution in [2.75, 3.05) is 4.90 Å². The van der Waals surface area contributed by atoms with Crippen molar-refractivity contribution in [3.63, 3.8) is 0 Å². The Bertz CT molecular complexity index is 880. The number of primary amides is 1.